The third kappa shape index (κ3) is 2.38. The van der Waals surface area contributed by atoms with Crippen LogP contribution in [0.4, 0.5) is 4.39 Å². The summed E-state index contributed by atoms with van der Waals surface area (Å²) < 4.78 is 14.2. The van der Waals surface area contributed by atoms with Crippen LogP contribution in [-0.2, 0) is 6.54 Å². The highest BCUT2D eigenvalue weighted by atomic mass is 19.1. The van der Waals surface area contributed by atoms with Crippen molar-refractivity contribution in [2.45, 2.75) is 38.8 Å². The Labute approximate surface area is 107 Å². The molecule has 0 aliphatic carbocycles. The van der Waals surface area contributed by atoms with E-state index in [0.717, 1.165) is 19.4 Å². The molecule has 1 aromatic carbocycles. The molecule has 1 saturated heterocycles. The van der Waals surface area contributed by atoms with Gasteiger partial charge in [0.25, 0.3) is 0 Å². The molecule has 0 spiro atoms. The Balaban J connectivity index is 2.25. The number of likely N-dealkylation sites (tertiary alicyclic amines) is 1. The van der Waals surface area contributed by atoms with Crippen molar-refractivity contribution in [1.29, 1.82) is 5.41 Å². The van der Waals surface area contributed by atoms with Gasteiger partial charge in [0.2, 0.25) is 0 Å². The molecule has 98 valence electrons. The topological polar surface area (TPSA) is 53.1 Å². The van der Waals surface area contributed by atoms with Crippen molar-refractivity contribution in [3.8, 4) is 0 Å². The second-order valence-corrected chi connectivity index (χ2v) is 5.53. The fourth-order valence-electron chi connectivity index (χ4n) is 2.57. The van der Waals surface area contributed by atoms with Gasteiger partial charge < -0.3 is 5.73 Å². The number of nitrogens with zero attached hydrogens (tertiary/aromatic N) is 1. The van der Waals surface area contributed by atoms with Gasteiger partial charge in [0.15, 0.2) is 0 Å². The number of halogens is 1. The van der Waals surface area contributed by atoms with Crippen molar-refractivity contribution in [2.24, 2.45) is 5.73 Å². The lowest BCUT2D eigenvalue weighted by atomic mass is 10.0. The molecule has 0 unspecified atom stereocenters. The van der Waals surface area contributed by atoms with Crippen LogP contribution >= 0.6 is 0 Å². The minimum atomic E-state index is -0.354. The first-order valence-corrected chi connectivity index (χ1v) is 6.28. The monoisotopic (exact) mass is 249 g/mol. The van der Waals surface area contributed by atoms with Crippen molar-refractivity contribution in [3.63, 3.8) is 0 Å². The summed E-state index contributed by atoms with van der Waals surface area (Å²) in [6.07, 6.45) is 2.29. The van der Waals surface area contributed by atoms with Gasteiger partial charge in [0, 0.05) is 17.6 Å². The van der Waals surface area contributed by atoms with Gasteiger partial charge in [0.05, 0.1) is 5.56 Å². The van der Waals surface area contributed by atoms with Crippen LogP contribution in [0.5, 0.6) is 0 Å². The maximum absolute atomic E-state index is 14.2. The molecular weight excluding hydrogens is 229 g/mol. The van der Waals surface area contributed by atoms with Crippen molar-refractivity contribution in [2.75, 3.05) is 6.54 Å². The number of amidine groups is 1. The molecule has 0 saturated carbocycles. The van der Waals surface area contributed by atoms with Crippen LogP contribution in [0.1, 0.15) is 37.8 Å². The van der Waals surface area contributed by atoms with Crippen LogP contribution in [-0.4, -0.2) is 22.8 Å². The van der Waals surface area contributed by atoms with Gasteiger partial charge in [-0.15, -0.1) is 0 Å². The number of hydrogen-bond acceptors (Lipinski definition) is 2. The molecule has 4 heteroatoms. The second kappa shape index (κ2) is 4.69. The Bertz CT molecular complexity index is 468. The lowest BCUT2D eigenvalue weighted by molar-refractivity contribution is 0.164. The molecule has 0 aromatic heterocycles. The zero-order chi connectivity index (χ0) is 13.3. The zero-order valence-electron chi connectivity index (χ0n) is 11.0. The average Bonchev–Trinajstić information content (AvgIpc) is 2.61. The van der Waals surface area contributed by atoms with Gasteiger partial charge in [-0.1, -0.05) is 12.1 Å². The number of nitrogen functional groups attached to an aromatic ring is 1. The van der Waals surface area contributed by atoms with E-state index < -0.39 is 0 Å². The summed E-state index contributed by atoms with van der Waals surface area (Å²) >= 11 is 0. The molecule has 1 aromatic rings. The minimum Gasteiger partial charge on any atom is -0.384 e. The van der Waals surface area contributed by atoms with Crippen molar-refractivity contribution >= 4 is 5.84 Å². The Kier molecular flexibility index (Phi) is 3.39. The van der Waals surface area contributed by atoms with E-state index in [1.165, 1.54) is 0 Å². The van der Waals surface area contributed by atoms with Gasteiger partial charge in [-0.05, 0) is 39.3 Å². The van der Waals surface area contributed by atoms with Crippen LogP contribution in [0.2, 0.25) is 0 Å². The fourth-order valence-corrected chi connectivity index (χ4v) is 2.57. The average molecular weight is 249 g/mol. The predicted octanol–water partition coefficient (Wildman–Crippen LogP) is 2.48. The lowest BCUT2D eigenvalue weighted by Gasteiger charge is -2.31. The molecule has 1 heterocycles. The van der Waals surface area contributed by atoms with Gasteiger partial charge in [-0.3, -0.25) is 10.3 Å². The third-order valence-electron chi connectivity index (χ3n) is 3.80. The largest absolute Gasteiger partial charge is 0.384 e. The molecule has 18 heavy (non-hydrogen) atoms. The smallest absolute Gasteiger partial charge is 0.138 e. The second-order valence-electron chi connectivity index (χ2n) is 5.53. The third-order valence-corrected chi connectivity index (χ3v) is 3.80. The number of nitrogens with one attached hydrogen (secondary N) is 1. The maximum atomic E-state index is 14.2. The summed E-state index contributed by atoms with van der Waals surface area (Å²) in [4.78, 5) is 2.29. The quantitative estimate of drug-likeness (QED) is 0.638. The Morgan fingerprint density at radius 3 is 2.78 bits per heavy atom. The molecule has 3 nitrogen and oxygen atoms in total. The number of hydrogen-bond donors (Lipinski definition) is 2. The molecule has 0 atom stereocenters. The number of benzene rings is 1. The zero-order valence-corrected chi connectivity index (χ0v) is 11.0. The fraction of sp³-hybridized carbons (Fsp3) is 0.500. The molecule has 0 amide bonds. The van der Waals surface area contributed by atoms with Crippen LogP contribution in [0.3, 0.4) is 0 Å². The molecule has 1 aliphatic rings. The van der Waals surface area contributed by atoms with E-state index in [0.29, 0.717) is 12.1 Å². The highest BCUT2D eigenvalue weighted by molar-refractivity contribution is 5.95. The van der Waals surface area contributed by atoms with Crippen LogP contribution < -0.4 is 5.73 Å². The van der Waals surface area contributed by atoms with Crippen LogP contribution in [0, 0.1) is 11.2 Å². The first kappa shape index (κ1) is 13.0. The van der Waals surface area contributed by atoms with Gasteiger partial charge in [0.1, 0.15) is 11.7 Å². The Hall–Kier alpha value is -1.42. The molecule has 1 fully saturated rings. The van der Waals surface area contributed by atoms with E-state index in [2.05, 4.69) is 18.7 Å². The standard InChI is InChI=1S/C14H20FN3/c1-14(2)7-4-8-18(14)9-10-5-3-6-11(12(10)15)13(16)17/h3,5-6H,4,7-9H2,1-2H3,(H3,16,17). The van der Waals surface area contributed by atoms with E-state index in [1.807, 2.05) is 0 Å². The molecular formula is C14H20FN3. The molecule has 3 N–H and O–H groups in total. The first-order valence-electron chi connectivity index (χ1n) is 6.28. The van der Waals surface area contributed by atoms with E-state index >= 15 is 0 Å². The summed E-state index contributed by atoms with van der Waals surface area (Å²) in [7, 11) is 0. The van der Waals surface area contributed by atoms with Crippen molar-refractivity contribution in [3.05, 3.63) is 35.1 Å². The summed E-state index contributed by atoms with van der Waals surface area (Å²) in [5, 5.41) is 7.36. The normalized spacial score (nSPS) is 19.1. The maximum Gasteiger partial charge on any atom is 0.138 e. The molecule has 2 rings (SSSR count). The number of nitrogens with two attached hydrogens (primary N) is 1. The SMILES string of the molecule is CC1(C)CCCN1Cc1cccc(C(=N)N)c1F. The number of rotatable bonds is 3. The van der Waals surface area contributed by atoms with E-state index in [9.17, 15) is 4.39 Å². The van der Waals surface area contributed by atoms with E-state index in [1.54, 1.807) is 18.2 Å². The summed E-state index contributed by atoms with van der Waals surface area (Å²) in [5.41, 5.74) is 6.32. The molecule has 1 aliphatic heterocycles. The van der Waals surface area contributed by atoms with E-state index in [4.69, 9.17) is 11.1 Å². The highest BCUT2D eigenvalue weighted by Crippen LogP contribution is 2.30. The molecule has 0 radical (unpaired) electrons. The minimum absolute atomic E-state index is 0.124. The first-order chi connectivity index (χ1) is 8.42. The summed E-state index contributed by atoms with van der Waals surface area (Å²) in [5.74, 6) is -0.567. The van der Waals surface area contributed by atoms with Gasteiger partial charge >= 0.3 is 0 Å². The highest BCUT2D eigenvalue weighted by Gasteiger charge is 2.32. The van der Waals surface area contributed by atoms with Crippen molar-refractivity contribution < 1.29 is 4.39 Å². The van der Waals surface area contributed by atoms with Crippen LogP contribution in [0.25, 0.3) is 0 Å². The van der Waals surface area contributed by atoms with Crippen molar-refractivity contribution in [1.82, 2.24) is 4.90 Å². The molecule has 0 bridgehead atoms. The Morgan fingerprint density at radius 2 is 2.22 bits per heavy atom. The summed E-state index contributed by atoms with van der Waals surface area (Å²) in [6, 6.07) is 5.09. The van der Waals surface area contributed by atoms with Gasteiger partial charge in [-0.25, -0.2) is 4.39 Å². The van der Waals surface area contributed by atoms with E-state index in [-0.39, 0.29) is 22.8 Å². The van der Waals surface area contributed by atoms with Gasteiger partial charge in [-0.2, -0.15) is 0 Å². The summed E-state index contributed by atoms with van der Waals surface area (Å²) in [6.45, 7) is 5.95. The van der Waals surface area contributed by atoms with Crippen LogP contribution in [0.15, 0.2) is 18.2 Å². The lowest BCUT2D eigenvalue weighted by Crippen LogP contribution is -2.37. The Morgan fingerprint density at radius 1 is 1.50 bits per heavy atom. The predicted molar refractivity (Wildman–Crippen MR) is 71.1 cm³/mol.